The molecule has 2 unspecified atom stereocenters. The van der Waals surface area contributed by atoms with Crippen molar-refractivity contribution in [2.24, 2.45) is 0 Å². The van der Waals surface area contributed by atoms with Gasteiger partial charge in [-0.15, -0.1) is 5.10 Å². The highest BCUT2D eigenvalue weighted by Gasteiger charge is 2.43. The number of alkyl carbamates (subject to hydrolysis) is 1. The minimum atomic E-state index is -1.45. The van der Waals surface area contributed by atoms with Crippen LogP contribution in [-0.2, 0) is 33.8 Å². The molecule has 7 N–H and O–H groups in total. The predicted molar refractivity (Wildman–Crippen MR) is 141 cm³/mol. The number of imidazole rings is 1. The number of unbranched alkanes of at least 4 members (excludes halogenated alkanes) is 3. The molecule has 3 aromatic rings. The first kappa shape index (κ1) is 30.5. The molecule has 6 atom stereocenters. The molecular formula is C24H37N9O8. The van der Waals surface area contributed by atoms with Gasteiger partial charge in [0.05, 0.1) is 32.2 Å². The molecule has 17 heteroatoms. The molecule has 1 aliphatic rings. The topological polar surface area (TPSA) is 238 Å². The number of nitrogens with zero attached hydrogens (tertiary/aromatic N) is 7. The van der Waals surface area contributed by atoms with Crippen molar-refractivity contribution in [3.05, 3.63) is 24.5 Å². The molecule has 0 radical (unpaired) electrons. The van der Waals surface area contributed by atoms with Crippen molar-refractivity contribution in [1.82, 2.24) is 39.8 Å². The largest absolute Gasteiger partial charge is 0.445 e. The SMILES string of the molecule is C[C@H](Cn1cnc2c(N)ncnc21)OC(=O)NCc1cn(CCCCCCO[C@@H]2OC(CO)[C@H](O)[C@H](O)C2O)nn1. The van der Waals surface area contributed by atoms with Gasteiger partial charge in [0, 0.05) is 13.2 Å². The van der Waals surface area contributed by atoms with Crippen LogP contribution in [0.5, 0.6) is 0 Å². The van der Waals surface area contributed by atoms with Gasteiger partial charge >= 0.3 is 6.09 Å². The molecule has 1 amide bonds. The molecular weight excluding hydrogens is 542 g/mol. The lowest BCUT2D eigenvalue weighted by atomic mass is 9.99. The van der Waals surface area contributed by atoms with Crippen LogP contribution in [-0.4, -0.2) is 111 Å². The van der Waals surface area contributed by atoms with Gasteiger partial charge in [0.2, 0.25) is 0 Å². The van der Waals surface area contributed by atoms with E-state index in [1.54, 1.807) is 28.7 Å². The molecule has 17 nitrogen and oxygen atoms in total. The van der Waals surface area contributed by atoms with Crippen LogP contribution >= 0.6 is 0 Å². The summed E-state index contributed by atoms with van der Waals surface area (Å²) in [4.78, 5) is 24.5. The summed E-state index contributed by atoms with van der Waals surface area (Å²) in [6, 6.07) is 0. The van der Waals surface area contributed by atoms with Crippen molar-refractivity contribution in [1.29, 1.82) is 0 Å². The summed E-state index contributed by atoms with van der Waals surface area (Å²) in [6.45, 7) is 2.71. The van der Waals surface area contributed by atoms with Gasteiger partial charge in [0.1, 0.15) is 48.1 Å². The third-order valence-electron chi connectivity index (χ3n) is 6.60. The molecule has 1 fully saturated rings. The molecule has 3 aromatic heterocycles. The van der Waals surface area contributed by atoms with E-state index in [0.717, 1.165) is 19.3 Å². The summed E-state index contributed by atoms with van der Waals surface area (Å²) in [7, 11) is 0. The lowest BCUT2D eigenvalue weighted by Gasteiger charge is -2.39. The monoisotopic (exact) mass is 579 g/mol. The lowest BCUT2D eigenvalue weighted by Crippen LogP contribution is -2.59. The quantitative estimate of drug-likeness (QED) is 0.122. The third kappa shape index (κ3) is 8.05. The van der Waals surface area contributed by atoms with Crippen molar-refractivity contribution in [3.8, 4) is 0 Å². The van der Waals surface area contributed by atoms with E-state index in [1.807, 2.05) is 0 Å². The number of carbonyl (C=O) groups is 1. The van der Waals surface area contributed by atoms with Crippen LogP contribution in [0.25, 0.3) is 11.2 Å². The summed E-state index contributed by atoms with van der Waals surface area (Å²) in [5.74, 6) is 0.285. The first-order chi connectivity index (χ1) is 19.8. The van der Waals surface area contributed by atoms with Crippen LogP contribution in [0.3, 0.4) is 0 Å². The number of nitrogens with one attached hydrogen (secondary N) is 1. The Morgan fingerprint density at radius 3 is 2.76 bits per heavy atom. The summed E-state index contributed by atoms with van der Waals surface area (Å²) in [5.41, 5.74) is 7.45. The van der Waals surface area contributed by atoms with Crippen LogP contribution in [0.1, 0.15) is 38.3 Å². The Bertz CT molecular complexity index is 1250. The number of aliphatic hydroxyl groups excluding tert-OH is 4. The van der Waals surface area contributed by atoms with Gasteiger partial charge in [-0.25, -0.2) is 19.7 Å². The van der Waals surface area contributed by atoms with Gasteiger partial charge < -0.3 is 50.3 Å². The van der Waals surface area contributed by atoms with Crippen LogP contribution < -0.4 is 11.1 Å². The number of ether oxygens (including phenoxy) is 3. The van der Waals surface area contributed by atoms with Gasteiger partial charge in [0.25, 0.3) is 0 Å². The molecule has 0 aromatic carbocycles. The summed E-state index contributed by atoms with van der Waals surface area (Å²) in [5, 5.41) is 49.6. The second-order valence-electron chi connectivity index (χ2n) is 9.85. The van der Waals surface area contributed by atoms with Crippen molar-refractivity contribution in [2.45, 2.75) is 89.1 Å². The van der Waals surface area contributed by atoms with E-state index in [1.165, 1.54) is 6.33 Å². The van der Waals surface area contributed by atoms with Crippen LogP contribution in [0.2, 0.25) is 0 Å². The second kappa shape index (κ2) is 14.4. The number of nitrogen functional groups attached to an aromatic ring is 1. The number of hydrogen-bond donors (Lipinski definition) is 6. The molecule has 1 aliphatic heterocycles. The normalized spacial score (nSPS) is 23.5. The molecule has 4 heterocycles. The molecule has 4 rings (SSSR count). The van der Waals surface area contributed by atoms with Gasteiger partial charge in [-0.1, -0.05) is 18.1 Å². The zero-order valence-electron chi connectivity index (χ0n) is 22.7. The van der Waals surface area contributed by atoms with E-state index in [-0.39, 0.29) is 12.4 Å². The summed E-state index contributed by atoms with van der Waals surface area (Å²) in [6.07, 6.45) is 0.570. The fourth-order valence-corrected chi connectivity index (χ4v) is 4.40. The van der Waals surface area contributed by atoms with Gasteiger partial charge in [-0.3, -0.25) is 4.68 Å². The zero-order valence-corrected chi connectivity index (χ0v) is 22.7. The average molecular weight is 580 g/mol. The molecule has 0 spiro atoms. The van der Waals surface area contributed by atoms with Crippen molar-refractivity contribution in [3.63, 3.8) is 0 Å². The zero-order chi connectivity index (χ0) is 29.4. The number of rotatable bonds is 14. The van der Waals surface area contributed by atoms with Gasteiger partial charge in [0.15, 0.2) is 17.8 Å². The van der Waals surface area contributed by atoms with E-state index in [4.69, 9.17) is 19.9 Å². The Kier molecular flexibility index (Phi) is 10.7. The second-order valence-corrected chi connectivity index (χ2v) is 9.85. The van der Waals surface area contributed by atoms with Crippen LogP contribution in [0.15, 0.2) is 18.9 Å². The summed E-state index contributed by atoms with van der Waals surface area (Å²) >= 11 is 0. The highest BCUT2D eigenvalue weighted by molar-refractivity contribution is 5.81. The van der Waals surface area contributed by atoms with E-state index in [9.17, 15) is 25.2 Å². The smallest absolute Gasteiger partial charge is 0.407 e. The Balaban J connectivity index is 1.07. The lowest BCUT2D eigenvalue weighted by molar-refractivity contribution is -0.301. The van der Waals surface area contributed by atoms with E-state index in [0.29, 0.717) is 43.0 Å². The number of aryl methyl sites for hydroxylation is 1. The number of hydrogen-bond acceptors (Lipinski definition) is 14. The first-order valence-corrected chi connectivity index (χ1v) is 13.4. The fourth-order valence-electron chi connectivity index (χ4n) is 4.40. The van der Waals surface area contributed by atoms with Crippen molar-refractivity contribution >= 4 is 23.1 Å². The van der Waals surface area contributed by atoms with Gasteiger partial charge in [-0.05, 0) is 19.8 Å². The molecule has 226 valence electrons. The maximum Gasteiger partial charge on any atom is 0.407 e. The molecule has 0 aliphatic carbocycles. The number of anilines is 1. The standard InChI is InChI=1S/C24H37N9O8/c1-14(9-32-13-29-17-21(25)27-12-28-22(17)32)40-24(38)26-8-15-10-33(31-30-15)6-4-2-3-5-7-39-23-20(37)19(36)18(35)16(11-34)41-23/h10,12-14,16,18-20,23,34-37H,2-9,11H2,1H3,(H,26,38)(H2,25,27,28)/t14-,16?,18+,19+,20?,23-/m1/s1. The van der Waals surface area contributed by atoms with Crippen molar-refractivity contribution < 1.29 is 39.4 Å². The van der Waals surface area contributed by atoms with Crippen LogP contribution in [0.4, 0.5) is 10.6 Å². The molecule has 41 heavy (non-hydrogen) atoms. The summed E-state index contributed by atoms with van der Waals surface area (Å²) < 4.78 is 19.7. The Hall–Kier alpha value is -3.48. The number of carbonyl (C=O) groups excluding carboxylic acids is 1. The Labute approximate surface area is 235 Å². The third-order valence-corrected chi connectivity index (χ3v) is 6.60. The minimum absolute atomic E-state index is 0.165. The number of aliphatic hydroxyl groups is 4. The van der Waals surface area contributed by atoms with E-state index < -0.39 is 49.5 Å². The van der Waals surface area contributed by atoms with Crippen LogP contribution in [0, 0.1) is 0 Å². The number of nitrogens with two attached hydrogens (primary N) is 1. The number of amides is 1. The Morgan fingerprint density at radius 1 is 1.15 bits per heavy atom. The maximum absolute atomic E-state index is 12.2. The fraction of sp³-hybridized carbons (Fsp3) is 0.667. The predicted octanol–water partition coefficient (Wildman–Crippen LogP) is -1.31. The number of aromatic nitrogens is 7. The molecule has 0 saturated carbocycles. The molecule has 0 bridgehead atoms. The Morgan fingerprint density at radius 2 is 1.95 bits per heavy atom. The van der Waals surface area contributed by atoms with E-state index >= 15 is 0 Å². The average Bonchev–Trinajstić information content (AvgIpc) is 3.59. The van der Waals surface area contributed by atoms with Crippen molar-refractivity contribution in [2.75, 3.05) is 18.9 Å². The number of fused-ring (bicyclic) bond motifs is 1. The highest BCUT2D eigenvalue weighted by atomic mass is 16.7. The first-order valence-electron chi connectivity index (χ1n) is 13.4. The van der Waals surface area contributed by atoms with E-state index in [2.05, 4.69) is 30.6 Å². The maximum atomic E-state index is 12.2. The highest BCUT2D eigenvalue weighted by Crippen LogP contribution is 2.22. The minimum Gasteiger partial charge on any atom is -0.445 e. The van der Waals surface area contributed by atoms with Gasteiger partial charge in [-0.2, -0.15) is 0 Å². The molecule has 1 saturated heterocycles.